The Kier molecular flexibility index (Phi) is 4.51. The Morgan fingerprint density at radius 2 is 0.800 bits per heavy atom. The molecular formula is C48H33NO. The Hall–Kier alpha value is -6.64. The van der Waals surface area contributed by atoms with Crippen molar-refractivity contribution in [2.24, 2.45) is 0 Å². The highest BCUT2D eigenvalue weighted by molar-refractivity contribution is 6.06. The summed E-state index contributed by atoms with van der Waals surface area (Å²) in [7, 11) is 0. The predicted molar refractivity (Wildman–Crippen MR) is 210 cm³/mol. The van der Waals surface area contributed by atoms with Crippen molar-refractivity contribution in [2.45, 2.75) is 0 Å². The average Bonchev–Trinajstić information content (AvgIpc) is 3.69. The lowest BCUT2D eigenvalue weighted by atomic mass is 9.97. The zero-order valence-electron chi connectivity index (χ0n) is 41.2. The van der Waals surface area contributed by atoms with Gasteiger partial charge < -0.3 is 9.32 Å². The normalized spacial score (nSPS) is 15.4. The maximum absolute atomic E-state index is 8.89. The molecule has 0 bridgehead atoms. The Bertz CT molecular complexity index is 3260. The highest BCUT2D eigenvalue weighted by atomic mass is 16.3. The summed E-state index contributed by atoms with van der Waals surface area (Å²) >= 11 is 0. The van der Waals surface area contributed by atoms with E-state index in [-0.39, 0.29) is 39.9 Å². The van der Waals surface area contributed by atoms with Gasteiger partial charge in [0.05, 0.1) is 20.6 Å². The second-order valence-corrected chi connectivity index (χ2v) is 11.5. The molecule has 50 heavy (non-hydrogen) atoms. The van der Waals surface area contributed by atoms with Crippen LogP contribution in [-0.2, 0) is 0 Å². The molecule has 0 atom stereocenters. The molecule has 0 fully saturated rings. The van der Waals surface area contributed by atoms with Crippen LogP contribution < -0.4 is 4.90 Å². The Morgan fingerprint density at radius 3 is 1.36 bits per heavy atom. The quantitative estimate of drug-likeness (QED) is 0.170. The molecule has 0 amide bonds. The maximum Gasteiger partial charge on any atom is 0.135 e. The van der Waals surface area contributed by atoms with Crippen LogP contribution in [0.4, 0.5) is 17.1 Å². The molecule has 0 aliphatic rings. The number of anilines is 3. The third-order valence-electron chi connectivity index (χ3n) is 8.50. The van der Waals surface area contributed by atoms with Crippen molar-refractivity contribution in [1.29, 1.82) is 0 Å². The standard InChI is InChI=1S/C48H33NO/c1-4-12-34(13-5-1)37-20-25-42(26-21-37)49(44-31-40(35-14-6-2-7-15-35)30-41(32-44)36-16-8-3-9-17-36)43-27-22-38(23-28-43)39-24-29-48-46(33-39)45-18-10-11-19-47(45)50-48/h1-33H/i1D,2D,3D,4D,5D,6D,7D,8D,9D,12D,13D,14D,15D,16D,17D. The van der Waals surface area contributed by atoms with E-state index in [1.54, 1.807) is 41.3 Å². The van der Waals surface area contributed by atoms with Crippen LogP contribution in [0.25, 0.3) is 66.4 Å². The number of hydrogen-bond acceptors (Lipinski definition) is 2. The first-order chi connectivity index (χ1) is 31.0. The van der Waals surface area contributed by atoms with E-state index >= 15 is 0 Å². The highest BCUT2D eigenvalue weighted by Gasteiger charge is 2.17. The van der Waals surface area contributed by atoms with Crippen LogP contribution >= 0.6 is 0 Å². The summed E-state index contributed by atoms with van der Waals surface area (Å²) in [6.07, 6.45) is 0. The topological polar surface area (TPSA) is 16.4 Å². The van der Waals surface area contributed by atoms with Crippen molar-refractivity contribution in [3.63, 3.8) is 0 Å². The van der Waals surface area contributed by atoms with Crippen LogP contribution in [0, 0.1) is 0 Å². The third-order valence-corrected chi connectivity index (χ3v) is 8.50. The van der Waals surface area contributed by atoms with Gasteiger partial charge in [-0.1, -0.05) is 139 Å². The monoisotopic (exact) mass is 654 g/mol. The van der Waals surface area contributed by atoms with E-state index in [4.69, 9.17) is 25.0 Å². The van der Waals surface area contributed by atoms with Gasteiger partial charge in [-0.2, -0.15) is 0 Å². The van der Waals surface area contributed by atoms with Gasteiger partial charge in [-0.25, -0.2) is 0 Å². The highest BCUT2D eigenvalue weighted by Crippen LogP contribution is 2.41. The number of furan rings is 1. The number of rotatable bonds is 7. The molecule has 0 saturated carbocycles. The van der Waals surface area contributed by atoms with Crippen molar-refractivity contribution in [2.75, 3.05) is 4.90 Å². The molecule has 0 saturated heterocycles. The third kappa shape index (κ3) is 5.63. The smallest absolute Gasteiger partial charge is 0.135 e. The SMILES string of the molecule is [2H]c1c([2H])c([2H])c(-c2ccc(N(c3ccc(-c4ccc5oc6ccccc6c5c4)cc3)c3cc(-c4c([2H])c([2H])c([2H])c([2H])c4[2H])cc(-c4c([2H])c([2H])c([2H])c([2H])c4[2H])c3)cc2)c([2H])c1[2H]. The molecule has 8 aromatic carbocycles. The molecule has 0 aliphatic heterocycles. The largest absolute Gasteiger partial charge is 0.456 e. The summed E-state index contributed by atoms with van der Waals surface area (Å²) in [4.78, 5) is 1.76. The van der Waals surface area contributed by atoms with E-state index < -0.39 is 78.6 Å². The van der Waals surface area contributed by atoms with E-state index in [2.05, 4.69) is 0 Å². The van der Waals surface area contributed by atoms with E-state index in [0.717, 1.165) is 33.1 Å². The fourth-order valence-electron chi connectivity index (χ4n) is 6.14. The van der Waals surface area contributed by atoms with Crippen molar-refractivity contribution in [1.82, 2.24) is 0 Å². The van der Waals surface area contributed by atoms with Gasteiger partial charge in [0.2, 0.25) is 0 Å². The zero-order valence-corrected chi connectivity index (χ0v) is 26.2. The van der Waals surface area contributed by atoms with Crippen LogP contribution in [0.1, 0.15) is 20.6 Å². The number of para-hydroxylation sites is 1. The second-order valence-electron chi connectivity index (χ2n) is 11.5. The number of nitrogens with zero attached hydrogens (tertiary/aromatic N) is 1. The number of benzene rings is 8. The molecule has 9 rings (SSSR count). The summed E-state index contributed by atoms with van der Waals surface area (Å²) < 4.78 is 134. The summed E-state index contributed by atoms with van der Waals surface area (Å²) in [5.41, 5.74) is 4.71. The van der Waals surface area contributed by atoms with Gasteiger partial charge in [0.15, 0.2) is 0 Å². The molecule has 1 aromatic heterocycles. The first-order valence-corrected chi connectivity index (χ1v) is 15.8. The molecule has 2 heteroatoms. The van der Waals surface area contributed by atoms with Crippen LogP contribution in [0.3, 0.4) is 0 Å². The lowest BCUT2D eigenvalue weighted by Crippen LogP contribution is -2.10. The summed E-state index contributed by atoms with van der Waals surface area (Å²) in [6.45, 7) is 0. The lowest BCUT2D eigenvalue weighted by molar-refractivity contribution is 0.669. The molecule has 9 aromatic rings. The van der Waals surface area contributed by atoms with E-state index in [1.165, 1.54) is 6.07 Å². The Balaban J connectivity index is 1.28. The number of hydrogen-bond donors (Lipinski definition) is 0. The maximum atomic E-state index is 8.89. The molecule has 0 aliphatic carbocycles. The van der Waals surface area contributed by atoms with Gasteiger partial charge in [-0.05, 0) is 105 Å². The summed E-state index contributed by atoms with van der Waals surface area (Å²) in [5, 5.41) is 1.90. The first kappa shape index (κ1) is 17.7. The zero-order chi connectivity index (χ0) is 46.3. The van der Waals surface area contributed by atoms with Crippen molar-refractivity contribution in [3.8, 4) is 44.5 Å². The molecule has 236 valence electrons. The molecular weight excluding hydrogens is 607 g/mol. The van der Waals surface area contributed by atoms with E-state index in [9.17, 15) is 0 Å². The minimum atomic E-state index is -0.605. The predicted octanol–water partition coefficient (Wildman–Crippen LogP) is 13.7. The van der Waals surface area contributed by atoms with Crippen LogP contribution in [-0.4, -0.2) is 0 Å². The molecule has 0 spiro atoms. The molecule has 2 nitrogen and oxygen atoms in total. The molecule has 0 radical (unpaired) electrons. The molecule has 0 unspecified atom stereocenters. The van der Waals surface area contributed by atoms with Gasteiger partial charge in [0.25, 0.3) is 0 Å². The van der Waals surface area contributed by atoms with Gasteiger partial charge in [0, 0.05) is 27.8 Å². The van der Waals surface area contributed by atoms with Gasteiger partial charge >= 0.3 is 0 Å². The van der Waals surface area contributed by atoms with Crippen molar-refractivity contribution in [3.05, 3.63) is 200 Å². The van der Waals surface area contributed by atoms with Crippen LogP contribution in [0.2, 0.25) is 0 Å². The average molecular weight is 655 g/mol. The van der Waals surface area contributed by atoms with E-state index in [0.29, 0.717) is 22.6 Å². The minimum Gasteiger partial charge on any atom is -0.456 e. The Morgan fingerprint density at radius 1 is 0.340 bits per heavy atom. The fraction of sp³-hybridized carbons (Fsp3) is 0. The number of fused-ring (bicyclic) bond motifs is 3. The molecule has 1 heterocycles. The minimum absolute atomic E-state index is 0.00696. The van der Waals surface area contributed by atoms with Gasteiger partial charge in [-0.15, -0.1) is 0 Å². The first-order valence-electron chi connectivity index (χ1n) is 23.3. The van der Waals surface area contributed by atoms with Crippen LogP contribution in [0.5, 0.6) is 0 Å². The second kappa shape index (κ2) is 12.8. The molecule has 0 N–H and O–H groups in total. The summed E-state index contributed by atoms with van der Waals surface area (Å²) in [5.74, 6) is 0. The van der Waals surface area contributed by atoms with Crippen molar-refractivity contribution >= 4 is 39.0 Å². The lowest BCUT2D eigenvalue weighted by Gasteiger charge is -2.27. The van der Waals surface area contributed by atoms with E-state index in [1.807, 2.05) is 66.7 Å². The van der Waals surface area contributed by atoms with Gasteiger partial charge in [-0.3, -0.25) is 0 Å². The van der Waals surface area contributed by atoms with Crippen molar-refractivity contribution < 1.29 is 25.0 Å². The van der Waals surface area contributed by atoms with Gasteiger partial charge in [0.1, 0.15) is 11.2 Å². The van der Waals surface area contributed by atoms with Crippen LogP contribution in [0.15, 0.2) is 204 Å². The Labute approximate surface area is 313 Å². The fourth-order valence-corrected chi connectivity index (χ4v) is 6.14. The summed E-state index contributed by atoms with van der Waals surface area (Å²) in [6, 6.07) is 24.4.